The fourth-order valence-corrected chi connectivity index (χ4v) is 3.26. The highest BCUT2D eigenvalue weighted by atomic mass is 16.5. The lowest BCUT2D eigenvalue weighted by Gasteiger charge is -2.31. The molecule has 0 saturated carbocycles. The molecule has 9 nitrogen and oxygen atoms in total. The van der Waals surface area contributed by atoms with Gasteiger partial charge >= 0.3 is 0 Å². The van der Waals surface area contributed by atoms with Gasteiger partial charge in [-0.2, -0.15) is 0 Å². The standard InChI is InChI=1S/C20H22N2O7/c1-2-8-27-9-10-28-11-12-29-15-5-3-4-13-17(15)20(26)22(19(13)25)14-6-7-16(23)21-18(14)24/h1,3-5,14,16,23H,6-12H2,(H,21,24). The van der Waals surface area contributed by atoms with Crippen LogP contribution in [0.1, 0.15) is 33.6 Å². The molecule has 1 fully saturated rings. The molecule has 2 aliphatic heterocycles. The summed E-state index contributed by atoms with van der Waals surface area (Å²) in [6.45, 7) is 1.37. The summed E-state index contributed by atoms with van der Waals surface area (Å²) in [5.74, 6) is 0.923. The number of hydrogen-bond donors (Lipinski definition) is 2. The van der Waals surface area contributed by atoms with Gasteiger partial charge in [0.05, 0.1) is 30.9 Å². The lowest BCUT2D eigenvalue weighted by atomic mass is 10.0. The molecule has 2 aliphatic rings. The van der Waals surface area contributed by atoms with Gasteiger partial charge in [-0.3, -0.25) is 19.3 Å². The summed E-state index contributed by atoms with van der Waals surface area (Å²) in [6.07, 6.45) is 4.56. The van der Waals surface area contributed by atoms with Crippen LogP contribution in [0.2, 0.25) is 0 Å². The number of piperidine rings is 1. The normalized spacial score (nSPS) is 21.0. The average molecular weight is 402 g/mol. The number of aliphatic hydroxyl groups is 1. The number of imide groups is 1. The number of nitrogens with zero attached hydrogens (tertiary/aromatic N) is 1. The minimum absolute atomic E-state index is 0.133. The molecule has 2 N–H and O–H groups in total. The number of fused-ring (bicyclic) bond motifs is 1. The molecule has 2 unspecified atom stereocenters. The molecule has 1 saturated heterocycles. The zero-order valence-corrected chi connectivity index (χ0v) is 15.8. The summed E-state index contributed by atoms with van der Waals surface area (Å²) in [4.78, 5) is 38.8. The number of amides is 3. The topological polar surface area (TPSA) is 114 Å². The highest BCUT2D eigenvalue weighted by Gasteiger charge is 2.45. The fraction of sp³-hybridized carbons (Fsp3) is 0.450. The summed E-state index contributed by atoms with van der Waals surface area (Å²) < 4.78 is 16.1. The number of benzene rings is 1. The first-order valence-corrected chi connectivity index (χ1v) is 9.25. The van der Waals surface area contributed by atoms with E-state index in [1.54, 1.807) is 12.1 Å². The maximum atomic E-state index is 12.9. The van der Waals surface area contributed by atoms with Gasteiger partial charge in [-0.15, -0.1) is 6.42 Å². The smallest absolute Gasteiger partial charge is 0.266 e. The van der Waals surface area contributed by atoms with E-state index in [0.29, 0.717) is 13.2 Å². The molecule has 3 amide bonds. The minimum Gasteiger partial charge on any atom is -0.490 e. The second kappa shape index (κ2) is 9.52. The summed E-state index contributed by atoms with van der Waals surface area (Å²) in [6, 6.07) is 3.78. The fourth-order valence-electron chi connectivity index (χ4n) is 3.26. The van der Waals surface area contributed by atoms with E-state index in [1.807, 2.05) is 0 Å². The Hall–Kier alpha value is -2.93. The molecule has 3 rings (SSSR count). The van der Waals surface area contributed by atoms with E-state index in [2.05, 4.69) is 11.2 Å². The number of terminal acetylenes is 1. The predicted octanol–water partition coefficient (Wildman–Crippen LogP) is -0.0752. The van der Waals surface area contributed by atoms with Crippen LogP contribution < -0.4 is 10.1 Å². The molecule has 9 heteroatoms. The number of carbonyl (C=O) groups is 3. The van der Waals surface area contributed by atoms with Crippen molar-refractivity contribution in [2.75, 3.05) is 33.0 Å². The Balaban J connectivity index is 1.61. The van der Waals surface area contributed by atoms with Gasteiger partial charge in [-0.05, 0) is 25.0 Å². The lowest BCUT2D eigenvalue weighted by molar-refractivity contribution is -0.131. The van der Waals surface area contributed by atoms with Gasteiger partial charge in [0.25, 0.3) is 11.8 Å². The van der Waals surface area contributed by atoms with E-state index in [-0.39, 0.29) is 49.5 Å². The summed E-state index contributed by atoms with van der Waals surface area (Å²) in [5.41, 5.74) is 0.323. The quantitative estimate of drug-likeness (QED) is 0.337. The molecule has 29 heavy (non-hydrogen) atoms. The SMILES string of the molecule is C#CCOCCOCCOc1cccc2c1C(=O)N(C1CCC(O)NC1=O)C2=O. The maximum Gasteiger partial charge on any atom is 0.266 e. The third kappa shape index (κ3) is 4.56. The van der Waals surface area contributed by atoms with Gasteiger partial charge in [0.15, 0.2) is 0 Å². The van der Waals surface area contributed by atoms with Gasteiger partial charge in [0, 0.05) is 0 Å². The zero-order valence-electron chi connectivity index (χ0n) is 15.8. The molecule has 0 bridgehead atoms. The van der Waals surface area contributed by atoms with Crippen molar-refractivity contribution in [3.8, 4) is 18.1 Å². The van der Waals surface area contributed by atoms with E-state index < -0.39 is 30.0 Å². The van der Waals surface area contributed by atoms with Crippen molar-refractivity contribution >= 4 is 17.7 Å². The predicted molar refractivity (Wildman–Crippen MR) is 100 cm³/mol. The Kier molecular flexibility index (Phi) is 6.82. The van der Waals surface area contributed by atoms with Crippen LogP contribution in [0.5, 0.6) is 5.75 Å². The van der Waals surface area contributed by atoms with Gasteiger partial charge in [-0.1, -0.05) is 12.0 Å². The van der Waals surface area contributed by atoms with Crippen molar-refractivity contribution in [3.63, 3.8) is 0 Å². The Morgan fingerprint density at radius 2 is 1.86 bits per heavy atom. The van der Waals surface area contributed by atoms with Crippen molar-refractivity contribution in [2.45, 2.75) is 25.1 Å². The van der Waals surface area contributed by atoms with Crippen LogP contribution >= 0.6 is 0 Å². The summed E-state index contributed by atoms with van der Waals surface area (Å²) >= 11 is 0. The van der Waals surface area contributed by atoms with Gasteiger partial charge in [0.2, 0.25) is 5.91 Å². The number of hydrogen-bond acceptors (Lipinski definition) is 7. The Morgan fingerprint density at radius 3 is 2.62 bits per heavy atom. The molecule has 1 aromatic carbocycles. The van der Waals surface area contributed by atoms with E-state index >= 15 is 0 Å². The molecular formula is C20H22N2O7. The monoisotopic (exact) mass is 402 g/mol. The van der Waals surface area contributed by atoms with Crippen molar-refractivity contribution < 1.29 is 33.7 Å². The van der Waals surface area contributed by atoms with Crippen molar-refractivity contribution in [2.24, 2.45) is 0 Å². The number of aliphatic hydroxyl groups excluding tert-OH is 1. The van der Waals surface area contributed by atoms with Crippen LogP contribution in [-0.2, 0) is 14.3 Å². The van der Waals surface area contributed by atoms with Crippen LogP contribution in [0.15, 0.2) is 18.2 Å². The van der Waals surface area contributed by atoms with Gasteiger partial charge < -0.3 is 24.6 Å². The first-order valence-electron chi connectivity index (χ1n) is 9.25. The molecule has 1 aromatic rings. The Labute approximate surface area is 167 Å². The number of ether oxygens (including phenoxy) is 3. The highest BCUT2D eigenvalue weighted by molar-refractivity contribution is 6.24. The zero-order chi connectivity index (χ0) is 20.8. The van der Waals surface area contributed by atoms with Crippen molar-refractivity contribution in [1.29, 1.82) is 0 Å². The third-order valence-electron chi connectivity index (χ3n) is 4.59. The number of nitrogens with one attached hydrogen (secondary N) is 1. The Bertz CT molecular complexity index is 833. The van der Waals surface area contributed by atoms with Crippen molar-refractivity contribution in [3.05, 3.63) is 29.3 Å². The largest absolute Gasteiger partial charge is 0.490 e. The molecule has 2 atom stereocenters. The number of rotatable bonds is 9. The van der Waals surface area contributed by atoms with Crippen LogP contribution in [0.4, 0.5) is 0 Å². The summed E-state index contributed by atoms with van der Waals surface area (Å²) in [5, 5.41) is 11.9. The highest BCUT2D eigenvalue weighted by Crippen LogP contribution is 2.33. The van der Waals surface area contributed by atoms with E-state index in [1.165, 1.54) is 6.07 Å². The van der Waals surface area contributed by atoms with E-state index in [9.17, 15) is 19.5 Å². The second-order valence-electron chi connectivity index (χ2n) is 6.49. The summed E-state index contributed by atoms with van der Waals surface area (Å²) in [7, 11) is 0. The van der Waals surface area contributed by atoms with E-state index in [0.717, 1.165) is 4.90 Å². The van der Waals surface area contributed by atoms with Crippen LogP contribution in [0.3, 0.4) is 0 Å². The average Bonchev–Trinajstić information content (AvgIpc) is 2.95. The van der Waals surface area contributed by atoms with Gasteiger partial charge in [-0.25, -0.2) is 0 Å². The van der Waals surface area contributed by atoms with Gasteiger partial charge in [0.1, 0.15) is 31.2 Å². The van der Waals surface area contributed by atoms with Crippen LogP contribution in [0.25, 0.3) is 0 Å². The minimum atomic E-state index is -0.968. The molecule has 154 valence electrons. The molecule has 0 spiro atoms. The second-order valence-corrected chi connectivity index (χ2v) is 6.49. The maximum absolute atomic E-state index is 12.9. The molecule has 0 radical (unpaired) electrons. The molecule has 0 aliphatic carbocycles. The van der Waals surface area contributed by atoms with Crippen LogP contribution in [0, 0.1) is 12.3 Å². The first kappa shape index (κ1) is 20.8. The number of carbonyl (C=O) groups excluding carboxylic acids is 3. The molecule has 2 heterocycles. The third-order valence-corrected chi connectivity index (χ3v) is 4.59. The molecular weight excluding hydrogens is 380 g/mol. The first-order chi connectivity index (χ1) is 14.0. The van der Waals surface area contributed by atoms with E-state index in [4.69, 9.17) is 20.6 Å². The lowest BCUT2D eigenvalue weighted by Crippen LogP contribution is -2.55. The molecule has 0 aromatic heterocycles. The Morgan fingerprint density at radius 1 is 1.10 bits per heavy atom. The van der Waals surface area contributed by atoms with Crippen molar-refractivity contribution in [1.82, 2.24) is 10.2 Å². The van der Waals surface area contributed by atoms with Crippen LogP contribution in [-0.4, -0.2) is 73.0 Å².